The number of esters is 13. The van der Waals surface area contributed by atoms with Crippen LogP contribution in [0.1, 0.15) is 150 Å². The first-order valence-electron chi connectivity index (χ1n) is 42.2. The van der Waals surface area contributed by atoms with E-state index >= 15 is 0 Å². The summed E-state index contributed by atoms with van der Waals surface area (Å²) in [5.41, 5.74) is 0.133. The van der Waals surface area contributed by atoms with Gasteiger partial charge in [0.25, 0.3) is 17.7 Å². The van der Waals surface area contributed by atoms with Gasteiger partial charge in [0.1, 0.15) is 24.4 Å². The van der Waals surface area contributed by atoms with Gasteiger partial charge in [-0.25, -0.2) is 0 Å². The summed E-state index contributed by atoms with van der Waals surface area (Å²) < 4.78 is 87.7. The Bertz CT molecular complexity index is 5930. The van der Waals surface area contributed by atoms with Gasteiger partial charge in [-0.1, -0.05) is 48.5 Å². The van der Waals surface area contributed by atoms with Crippen LogP contribution in [0.3, 0.4) is 0 Å². The topological polar surface area (TPSA) is 624 Å². The van der Waals surface area contributed by atoms with Gasteiger partial charge in [-0.3, -0.25) is 91.5 Å². The molecular formula is C92H94N8O37. The fourth-order valence-corrected chi connectivity index (χ4v) is 16.0. The van der Waals surface area contributed by atoms with Crippen LogP contribution >= 0.6 is 0 Å². The van der Waals surface area contributed by atoms with Crippen molar-refractivity contribution in [2.75, 3.05) is 28.4 Å². The molecule has 3 fully saturated rings. The number of nitrogens with zero attached hydrogens (tertiary/aromatic N) is 2. The molecule has 0 aliphatic carbocycles. The number of aromatic amines is 2. The Morgan fingerprint density at radius 2 is 0.496 bits per heavy atom. The lowest BCUT2D eigenvalue weighted by atomic mass is 9.96. The Kier molecular flexibility index (Phi) is 31.9. The molecule has 0 spiro atoms. The summed E-state index contributed by atoms with van der Waals surface area (Å²) >= 11 is 0. The lowest BCUT2D eigenvalue weighted by Crippen LogP contribution is -2.64. The second-order valence-electron chi connectivity index (χ2n) is 31.6. The van der Waals surface area contributed by atoms with Gasteiger partial charge < -0.3 is 127 Å². The minimum atomic E-state index is -2.03. The number of amides is 4. The van der Waals surface area contributed by atoms with E-state index in [0.29, 0.717) is 0 Å². The van der Waals surface area contributed by atoms with E-state index in [-0.39, 0.29) is 131 Å². The molecule has 137 heavy (non-hydrogen) atoms. The van der Waals surface area contributed by atoms with Gasteiger partial charge in [0.05, 0.1) is 29.9 Å². The van der Waals surface area contributed by atoms with Crippen LogP contribution in [0.4, 0.5) is 22.7 Å². The highest BCUT2D eigenvalue weighted by molar-refractivity contribution is 6.00. The zero-order valence-corrected chi connectivity index (χ0v) is 75.3. The molecule has 724 valence electrons. The first-order chi connectivity index (χ1) is 64.9. The molecule has 45 heteroatoms. The SMILES string of the molecule is COC(=O)CCCC(=O)Nc1ccc(-c2c3nc(c(-c4ccc(NC(=O)[C@H]5O[C@H](OC(C)=O)[C@H](OC(C)=O)[C@@H](OC(C)=O)[C@@H]5OC(C)=O)cc4)c4ccc([nH]4)c(-c4ccc(NC(=O)[C@H]5O[C@H](OC(C)=O)[C@H](OC(C)=O)[C@@H](OC(C)=O)[C@@H]5OC(C)=O)cc4)c4nc(c(-c5ccc(NC(=O)[C@H]6O[C@H](OC(C)=O)[C@H](OC(C)=O)[C@@H](OC(C)=O)[C@@H]6OC(C)=O)cc5)c5ccc2[nH]5)[C@@H](O)[C@H]4O)[C@@H](O)[C@H]3O)cc1. The second kappa shape index (κ2) is 43.4. The molecule has 8 bridgehead atoms. The standard InChI is InChI=1S/C92H94N8O37/c1-37(101)123-75-78(126-40(4)104)84(129-43(7)107)90(132-46(10)110)135-81(75)87(119)94-54-27-19-50(20-28-54)64-58-34-33-57(97-58)63(49-17-25-53(26-18-49)93-61(113)15-14-16-62(114)122-13)67-71(115)72(116)68(99-67)65(51-21-29-55(30-22-51)95-88(120)82-76(124-38(2)102)79(127-41(5)105)85(130-44(8)108)91(136-82)133-47(11)111)59-35-36-60(98-59)66(70-74(118)73(117)69(64)100-70)52-23-31-56(32-24-52)96-89(121)83-77(125-39(3)103)80(128-42(6)106)86(131-45(9)109)92(137-83)134-48(12)112/h17-36,71-86,90-92,97-98,115-118H,14-16H2,1-13H3,(H,93,113)(H,94,119)(H,95,120)(H,96,121)/t71-,72+,73+,74-,75-,76-,77-,78-,79-,80-,81-,82-,83-,84+,85+,86+,90-,91-,92-/m0/s1. The molecular weight excluding hydrogens is 1810 g/mol. The molecule has 4 aromatic carbocycles. The number of aliphatic hydroxyl groups is 4. The van der Waals surface area contributed by atoms with Crippen LogP contribution in [-0.4, -0.2) is 241 Å². The highest BCUT2D eigenvalue weighted by atomic mass is 16.8. The van der Waals surface area contributed by atoms with Gasteiger partial charge in [0.2, 0.25) is 43.1 Å². The summed E-state index contributed by atoms with van der Waals surface area (Å²) in [7, 11) is 1.21. The predicted molar refractivity (Wildman–Crippen MR) is 464 cm³/mol. The molecule has 19 atom stereocenters. The first kappa shape index (κ1) is 101. The maximum atomic E-state index is 14.8. The number of carbonyl (C=O) groups excluding carboxylic acids is 17. The number of anilines is 4. The molecule has 5 aliphatic heterocycles. The normalized spacial score (nSPS) is 23.6. The van der Waals surface area contributed by atoms with E-state index in [2.05, 4.69) is 31.2 Å². The zero-order valence-electron chi connectivity index (χ0n) is 75.3. The van der Waals surface area contributed by atoms with Crippen LogP contribution in [0.25, 0.3) is 66.6 Å². The maximum absolute atomic E-state index is 14.8. The van der Waals surface area contributed by atoms with Crippen molar-refractivity contribution in [3.05, 3.63) is 144 Å². The molecule has 3 aromatic heterocycles. The smallest absolute Gasteiger partial charge is 0.305 e. The maximum Gasteiger partial charge on any atom is 0.305 e. The van der Waals surface area contributed by atoms with Crippen LogP contribution in [-0.2, 0) is 157 Å². The number of rotatable bonds is 27. The van der Waals surface area contributed by atoms with Gasteiger partial charge in [-0.15, -0.1) is 0 Å². The monoisotopic (exact) mass is 1900 g/mol. The number of aliphatic hydroxyl groups excluding tert-OH is 4. The average molecular weight is 1900 g/mol. The molecule has 7 aromatic rings. The molecule has 0 saturated carbocycles. The van der Waals surface area contributed by atoms with Crippen molar-refractivity contribution in [1.82, 2.24) is 19.9 Å². The van der Waals surface area contributed by atoms with Crippen molar-refractivity contribution >= 4 is 146 Å². The molecule has 4 amide bonds. The number of benzene rings is 4. The van der Waals surface area contributed by atoms with Gasteiger partial charge >= 0.3 is 77.6 Å². The van der Waals surface area contributed by atoms with Crippen molar-refractivity contribution in [3.8, 4) is 44.5 Å². The summed E-state index contributed by atoms with van der Waals surface area (Å²) in [4.78, 5) is 238. The lowest BCUT2D eigenvalue weighted by molar-refractivity contribution is -0.289. The van der Waals surface area contributed by atoms with E-state index in [1.165, 1.54) is 116 Å². The van der Waals surface area contributed by atoms with Crippen molar-refractivity contribution in [1.29, 1.82) is 0 Å². The van der Waals surface area contributed by atoms with E-state index in [0.717, 1.165) is 83.1 Å². The Balaban J connectivity index is 1.07. The van der Waals surface area contributed by atoms with E-state index in [1.807, 2.05) is 0 Å². The van der Waals surface area contributed by atoms with Gasteiger partial charge in [0, 0.05) is 163 Å². The van der Waals surface area contributed by atoms with Crippen molar-refractivity contribution in [3.63, 3.8) is 0 Å². The Morgan fingerprint density at radius 3 is 0.715 bits per heavy atom. The zero-order chi connectivity index (χ0) is 99.6. The minimum Gasteiger partial charge on any atom is -0.469 e. The molecule has 45 nitrogen and oxygen atoms in total. The molecule has 12 rings (SSSR count). The van der Waals surface area contributed by atoms with Gasteiger partial charge in [-0.2, -0.15) is 0 Å². The molecule has 10 N–H and O–H groups in total. The van der Waals surface area contributed by atoms with Crippen LogP contribution in [0.5, 0.6) is 0 Å². The molecule has 5 aliphatic rings. The van der Waals surface area contributed by atoms with Gasteiger partial charge in [-0.05, 0) is 101 Å². The van der Waals surface area contributed by atoms with Crippen molar-refractivity contribution in [2.45, 2.75) is 219 Å². The summed E-state index contributed by atoms with van der Waals surface area (Å²) in [6, 6.07) is 28.9. The Labute approximate surface area is 776 Å². The number of aromatic nitrogens is 4. The third-order valence-corrected chi connectivity index (χ3v) is 21.3. The van der Waals surface area contributed by atoms with Crippen molar-refractivity contribution < 1.29 is 178 Å². The second-order valence-corrected chi connectivity index (χ2v) is 31.6. The number of nitrogens with one attached hydrogen (secondary N) is 6. The number of hydrogen-bond donors (Lipinski definition) is 10. The Hall–Kier alpha value is -15.3. The van der Waals surface area contributed by atoms with Crippen LogP contribution in [0, 0.1) is 0 Å². The number of hydrogen-bond acceptors (Lipinski definition) is 39. The summed E-state index contributed by atoms with van der Waals surface area (Å²) in [5, 5.41) is 62.5. The first-order valence-corrected chi connectivity index (χ1v) is 42.2. The fourth-order valence-electron chi connectivity index (χ4n) is 16.0. The molecule has 8 heterocycles. The quantitative estimate of drug-likeness (QED) is 0.0213. The third-order valence-electron chi connectivity index (χ3n) is 21.3. The lowest BCUT2D eigenvalue weighted by Gasteiger charge is -2.43. The van der Waals surface area contributed by atoms with Crippen LogP contribution in [0.15, 0.2) is 121 Å². The van der Waals surface area contributed by atoms with Crippen LogP contribution < -0.4 is 21.3 Å². The highest BCUT2D eigenvalue weighted by Crippen LogP contribution is 2.48. The van der Waals surface area contributed by atoms with E-state index in [4.69, 9.17) is 85.8 Å². The number of H-pyrrole nitrogens is 2. The highest BCUT2D eigenvalue weighted by Gasteiger charge is 2.59. The number of fused-ring (bicyclic) bond motifs is 8. The fraction of sp³-hybridized carbons (Fsp3) is 0.380. The minimum absolute atomic E-state index is 0.00716. The third kappa shape index (κ3) is 23.9. The molecule has 3 saturated heterocycles. The number of ether oxygens (including phenoxy) is 16. The predicted octanol–water partition coefficient (Wildman–Crippen LogP) is 5.86. The number of methoxy groups -OCH3 is 1. The molecule has 0 radical (unpaired) electrons. The van der Waals surface area contributed by atoms with Crippen molar-refractivity contribution in [2.24, 2.45) is 0 Å². The summed E-state index contributed by atoms with van der Waals surface area (Å²) in [5.74, 6) is -16.5. The van der Waals surface area contributed by atoms with E-state index in [1.54, 1.807) is 12.1 Å². The van der Waals surface area contributed by atoms with Crippen LogP contribution in [0.2, 0.25) is 0 Å². The summed E-state index contributed by atoms with van der Waals surface area (Å²) in [6.07, 6.45) is -36.4. The van der Waals surface area contributed by atoms with E-state index < -0.39 is 218 Å². The number of carbonyl (C=O) groups is 17. The largest absolute Gasteiger partial charge is 0.469 e. The average Bonchev–Trinajstić information content (AvgIpc) is 1.61. The summed E-state index contributed by atoms with van der Waals surface area (Å²) in [6.45, 7) is 11.6. The van der Waals surface area contributed by atoms with Gasteiger partial charge in [0.15, 0.2) is 54.9 Å². The Morgan fingerprint density at radius 1 is 0.285 bits per heavy atom. The van der Waals surface area contributed by atoms with E-state index in [9.17, 15) is 102 Å². The molecule has 0 unspecified atom stereocenters.